The molecule has 1 rings (SSSR count). The van der Waals surface area contributed by atoms with Crippen LogP contribution in [0.5, 0.6) is 0 Å². The molecule has 2 N–H and O–H groups in total. The quantitative estimate of drug-likeness (QED) is 0.746. The van der Waals surface area contributed by atoms with E-state index in [1.54, 1.807) is 6.20 Å². The first-order valence-corrected chi connectivity index (χ1v) is 5.05. The van der Waals surface area contributed by atoms with Gasteiger partial charge >= 0.3 is 0 Å². The van der Waals surface area contributed by atoms with Crippen LogP contribution < -0.4 is 5.32 Å². The number of hydrogen-bond donors (Lipinski definition) is 2. The number of aromatic nitrogens is 1. The van der Waals surface area contributed by atoms with Crippen LogP contribution in [-0.4, -0.2) is 22.7 Å². The number of nitrogens with one attached hydrogen (secondary N) is 1. The van der Waals surface area contributed by atoms with Crippen LogP contribution in [0.4, 0.5) is 0 Å². The molecule has 2 atom stereocenters. The van der Waals surface area contributed by atoms with Crippen molar-refractivity contribution in [1.29, 1.82) is 0 Å². The average molecular weight is 194 g/mol. The third kappa shape index (κ3) is 3.09. The zero-order valence-electron chi connectivity index (χ0n) is 8.77. The Bertz CT molecular complexity index is 247. The summed E-state index contributed by atoms with van der Waals surface area (Å²) in [7, 11) is 0. The Morgan fingerprint density at radius 2 is 2.29 bits per heavy atom. The molecule has 14 heavy (non-hydrogen) atoms. The standard InChI is InChI=1S/C11H18N2O/c1-3-10(8-14)13-9(2)11-6-4-5-7-12-11/h4-7,9-10,13-14H,3,8H2,1-2H3/t9-,10+/m1/s1. The van der Waals surface area contributed by atoms with Crippen molar-refractivity contribution in [2.24, 2.45) is 0 Å². The highest BCUT2D eigenvalue weighted by molar-refractivity contribution is 5.07. The van der Waals surface area contributed by atoms with Gasteiger partial charge < -0.3 is 10.4 Å². The molecule has 0 aliphatic rings. The van der Waals surface area contributed by atoms with Gasteiger partial charge in [-0.3, -0.25) is 4.98 Å². The van der Waals surface area contributed by atoms with Gasteiger partial charge in [-0.1, -0.05) is 13.0 Å². The molecule has 0 radical (unpaired) electrons. The monoisotopic (exact) mass is 194 g/mol. The summed E-state index contributed by atoms with van der Waals surface area (Å²) < 4.78 is 0. The van der Waals surface area contributed by atoms with Crippen LogP contribution in [0.2, 0.25) is 0 Å². The zero-order valence-corrected chi connectivity index (χ0v) is 8.77. The highest BCUT2D eigenvalue weighted by Gasteiger charge is 2.10. The van der Waals surface area contributed by atoms with Gasteiger partial charge in [0, 0.05) is 18.3 Å². The lowest BCUT2D eigenvalue weighted by molar-refractivity contribution is 0.229. The maximum absolute atomic E-state index is 9.04. The lowest BCUT2D eigenvalue weighted by Crippen LogP contribution is -2.34. The SMILES string of the molecule is CC[C@@H](CO)N[C@H](C)c1ccccn1. The first-order chi connectivity index (χ1) is 6.77. The highest BCUT2D eigenvalue weighted by atomic mass is 16.3. The van der Waals surface area contributed by atoms with E-state index in [0.717, 1.165) is 12.1 Å². The number of nitrogens with zero attached hydrogens (tertiary/aromatic N) is 1. The van der Waals surface area contributed by atoms with Crippen LogP contribution in [0, 0.1) is 0 Å². The van der Waals surface area contributed by atoms with E-state index in [9.17, 15) is 0 Å². The van der Waals surface area contributed by atoms with E-state index in [-0.39, 0.29) is 18.7 Å². The zero-order chi connectivity index (χ0) is 10.4. The van der Waals surface area contributed by atoms with Crippen molar-refractivity contribution < 1.29 is 5.11 Å². The fourth-order valence-electron chi connectivity index (χ4n) is 1.37. The maximum Gasteiger partial charge on any atom is 0.0584 e. The minimum Gasteiger partial charge on any atom is -0.395 e. The van der Waals surface area contributed by atoms with Gasteiger partial charge in [0.05, 0.1) is 12.3 Å². The molecular weight excluding hydrogens is 176 g/mol. The van der Waals surface area contributed by atoms with Crippen molar-refractivity contribution in [2.75, 3.05) is 6.61 Å². The maximum atomic E-state index is 9.04. The average Bonchev–Trinajstić information content (AvgIpc) is 2.26. The summed E-state index contributed by atoms with van der Waals surface area (Å²) >= 11 is 0. The Labute approximate surface area is 85.2 Å². The molecule has 0 aliphatic carbocycles. The predicted molar refractivity (Wildman–Crippen MR) is 57.0 cm³/mol. The Kier molecular flexibility index (Phi) is 4.56. The number of hydrogen-bond acceptors (Lipinski definition) is 3. The summed E-state index contributed by atoms with van der Waals surface area (Å²) in [5.74, 6) is 0. The Hall–Kier alpha value is -0.930. The molecule has 78 valence electrons. The van der Waals surface area contributed by atoms with E-state index in [4.69, 9.17) is 5.11 Å². The summed E-state index contributed by atoms with van der Waals surface area (Å²) in [5.41, 5.74) is 1.01. The van der Waals surface area contributed by atoms with Crippen LogP contribution in [0.25, 0.3) is 0 Å². The Balaban J connectivity index is 2.54. The Morgan fingerprint density at radius 1 is 1.50 bits per heavy atom. The van der Waals surface area contributed by atoms with Crippen molar-refractivity contribution in [2.45, 2.75) is 32.4 Å². The van der Waals surface area contributed by atoms with E-state index >= 15 is 0 Å². The number of aliphatic hydroxyl groups is 1. The number of rotatable bonds is 5. The lowest BCUT2D eigenvalue weighted by atomic mass is 10.1. The van der Waals surface area contributed by atoms with Gasteiger partial charge in [-0.25, -0.2) is 0 Å². The molecule has 0 amide bonds. The second-order valence-electron chi connectivity index (χ2n) is 3.43. The van der Waals surface area contributed by atoms with E-state index in [1.165, 1.54) is 0 Å². The van der Waals surface area contributed by atoms with Crippen molar-refractivity contribution in [1.82, 2.24) is 10.3 Å². The van der Waals surface area contributed by atoms with Gasteiger partial charge in [0.1, 0.15) is 0 Å². The molecule has 0 unspecified atom stereocenters. The van der Waals surface area contributed by atoms with E-state index in [1.807, 2.05) is 18.2 Å². The molecule has 0 aromatic carbocycles. The summed E-state index contributed by atoms with van der Waals surface area (Å²) in [5, 5.41) is 12.4. The number of aliphatic hydroxyl groups excluding tert-OH is 1. The molecule has 0 saturated carbocycles. The summed E-state index contributed by atoms with van der Waals surface area (Å²) in [6.07, 6.45) is 2.71. The molecule has 3 heteroatoms. The van der Waals surface area contributed by atoms with Gasteiger partial charge in [0.15, 0.2) is 0 Å². The van der Waals surface area contributed by atoms with Gasteiger partial charge in [0.2, 0.25) is 0 Å². The van der Waals surface area contributed by atoms with Gasteiger partial charge in [0.25, 0.3) is 0 Å². The third-order valence-corrected chi connectivity index (χ3v) is 2.33. The fourth-order valence-corrected chi connectivity index (χ4v) is 1.37. The molecule has 1 aromatic heterocycles. The van der Waals surface area contributed by atoms with Gasteiger partial charge in [-0.15, -0.1) is 0 Å². The third-order valence-electron chi connectivity index (χ3n) is 2.33. The van der Waals surface area contributed by atoms with Crippen LogP contribution in [0.15, 0.2) is 24.4 Å². The largest absolute Gasteiger partial charge is 0.395 e. The van der Waals surface area contributed by atoms with Crippen molar-refractivity contribution >= 4 is 0 Å². The summed E-state index contributed by atoms with van der Waals surface area (Å²) in [4.78, 5) is 4.26. The fraction of sp³-hybridized carbons (Fsp3) is 0.545. The molecule has 1 heterocycles. The minimum atomic E-state index is 0.159. The van der Waals surface area contributed by atoms with Gasteiger partial charge in [-0.2, -0.15) is 0 Å². The molecule has 0 saturated heterocycles. The molecule has 3 nitrogen and oxygen atoms in total. The van der Waals surface area contributed by atoms with Gasteiger partial charge in [-0.05, 0) is 25.5 Å². The van der Waals surface area contributed by atoms with Crippen LogP contribution in [0.1, 0.15) is 32.0 Å². The van der Waals surface area contributed by atoms with Crippen molar-refractivity contribution in [3.8, 4) is 0 Å². The highest BCUT2D eigenvalue weighted by Crippen LogP contribution is 2.09. The van der Waals surface area contributed by atoms with Crippen LogP contribution >= 0.6 is 0 Å². The number of pyridine rings is 1. The Morgan fingerprint density at radius 3 is 2.79 bits per heavy atom. The van der Waals surface area contributed by atoms with Crippen LogP contribution in [0.3, 0.4) is 0 Å². The lowest BCUT2D eigenvalue weighted by Gasteiger charge is -2.19. The molecule has 0 spiro atoms. The molecule has 1 aromatic rings. The summed E-state index contributed by atoms with van der Waals surface area (Å²) in [6.45, 7) is 4.29. The first-order valence-electron chi connectivity index (χ1n) is 5.05. The van der Waals surface area contributed by atoms with Crippen molar-refractivity contribution in [3.63, 3.8) is 0 Å². The van der Waals surface area contributed by atoms with E-state index in [2.05, 4.69) is 24.1 Å². The minimum absolute atomic E-state index is 0.159. The second-order valence-corrected chi connectivity index (χ2v) is 3.43. The van der Waals surface area contributed by atoms with E-state index < -0.39 is 0 Å². The molecule has 0 bridgehead atoms. The molecule has 0 fully saturated rings. The second kappa shape index (κ2) is 5.73. The molecular formula is C11H18N2O. The van der Waals surface area contributed by atoms with Crippen molar-refractivity contribution in [3.05, 3.63) is 30.1 Å². The van der Waals surface area contributed by atoms with Crippen LogP contribution in [-0.2, 0) is 0 Å². The predicted octanol–water partition coefficient (Wildman–Crippen LogP) is 1.50. The van der Waals surface area contributed by atoms with E-state index in [0.29, 0.717) is 0 Å². The first kappa shape index (κ1) is 11.1. The topological polar surface area (TPSA) is 45.1 Å². The normalized spacial score (nSPS) is 15.1. The smallest absolute Gasteiger partial charge is 0.0584 e. The molecule has 0 aliphatic heterocycles. The summed E-state index contributed by atoms with van der Waals surface area (Å²) in [6, 6.07) is 6.21.